The van der Waals surface area contributed by atoms with Gasteiger partial charge in [0, 0.05) is 0 Å². The summed E-state index contributed by atoms with van der Waals surface area (Å²) in [7, 11) is 0. The van der Waals surface area contributed by atoms with Crippen molar-refractivity contribution in [1.29, 1.82) is 0 Å². The molecule has 1 unspecified atom stereocenters. The lowest BCUT2D eigenvalue weighted by molar-refractivity contribution is 0.259. The molecule has 1 fully saturated rings. The number of aromatic nitrogens is 2. The van der Waals surface area contributed by atoms with Crippen molar-refractivity contribution in [3.63, 3.8) is 0 Å². The molecular formula is C11H16FN3O. The van der Waals surface area contributed by atoms with Gasteiger partial charge >= 0.3 is 0 Å². The molecule has 1 atom stereocenters. The Bertz CT molecular complexity index is 353. The molecule has 1 aromatic rings. The van der Waals surface area contributed by atoms with Crippen molar-refractivity contribution < 1.29 is 9.13 Å². The number of rotatable bonds is 4. The largest absolute Gasteiger partial charge is 0.475 e. The van der Waals surface area contributed by atoms with E-state index < -0.39 is 5.82 Å². The fraction of sp³-hybridized carbons (Fsp3) is 0.636. The van der Waals surface area contributed by atoms with Gasteiger partial charge in [-0.3, -0.25) is 0 Å². The molecule has 0 amide bonds. The predicted molar refractivity (Wildman–Crippen MR) is 57.8 cm³/mol. The maximum atomic E-state index is 13.4. The maximum Gasteiger partial charge on any atom is 0.253 e. The van der Waals surface area contributed by atoms with Crippen LogP contribution >= 0.6 is 0 Å². The Hall–Kier alpha value is -1.23. The molecule has 0 spiro atoms. The first-order chi connectivity index (χ1) is 7.77. The highest BCUT2D eigenvalue weighted by Gasteiger charge is 2.15. The van der Waals surface area contributed by atoms with Crippen LogP contribution in [0.4, 0.5) is 4.39 Å². The summed E-state index contributed by atoms with van der Waals surface area (Å²) in [6.07, 6.45) is 3.44. The second-order valence-corrected chi connectivity index (χ2v) is 4.07. The molecule has 16 heavy (non-hydrogen) atoms. The summed E-state index contributed by atoms with van der Waals surface area (Å²) in [5.74, 6) is 0.261. The van der Waals surface area contributed by atoms with Crippen molar-refractivity contribution in [3.8, 4) is 5.88 Å². The van der Waals surface area contributed by atoms with Crippen molar-refractivity contribution in [2.75, 3.05) is 19.7 Å². The van der Waals surface area contributed by atoms with E-state index >= 15 is 0 Å². The molecule has 88 valence electrons. The zero-order valence-corrected chi connectivity index (χ0v) is 9.37. The molecule has 0 bridgehead atoms. The van der Waals surface area contributed by atoms with Crippen LogP contribution in [-0.2, 0) is 0 Å². The highest BCUT2D eigenvalue weighted by molar-refractivity contribution is 5.15. The number of aryl methyl sites for hydroxylation is 1. The minimum absolute atomic E-state index is 0.0680. The predicted octanol–water partition coefficient (Wildman–Crippen LogP) is 1.30. The number of halogens is 1. The van der Waals surface area contributed by atoms with Gasteiger partial charge in [-0.15, -0.1) is 0 Å². The van der Waals surface area contributed by atoms with E-state index in [2.05, 4.69) is 15.3 Å². The molecule has 5 heteroatoms. The molecular weight excluding hydrogens is 209 g/mol. The third-order valence-electron chi connectivity index (χ3n) is 2.86. The molecule has 1 aromatic heterocycles. The monoisotopic (exact) mass is 225 g/mol. The minimum atomic E-state index is -0.452. The Kier molecular flexibility index (Phi) is 3.66. The van der Waals surface area contributed by atoms with Gasteiger partial charge in [-0.05, 0) is 38.8 Å². The fourth-order valence-corrected chi connectivity index (χ4v) is 1.82. The Labute approximate surface area is 94.2 Å². The van der Waals surface area contributed by atoms with E-state index in [4.69, 9.17) is 4.74 Å². The molecule has 2 heterocycles. The van der Waals surface area contributed by atoms with Gasteiger partial charge in [0.1, 0.15) is 6.33 Å². The average molecular weight is 225 g/mol. The van der Waals surface area contributed by atoms with Crippen LogP contribution in [0, 0.1) is 18.7 Å². The van der Waals surface area contributed by atoms with E-state index in [1.54, 1.807) is 6.92 Å². The van der Waals surface area contributed by atoms with E-state index in [9.17, 15) is 4.39 Å². The maximum absolute atomic E-state index is 13.4. The minimum Gasteiger partial charge on any atom is -0.475 e. The molecule has 1 N–H and O–H groups in total. The van der Waals surface area contributed by atoms with Crippen molar-refractivity contribution in [2.45, 2.75) is 19.8 Å². The fourth-order valence-electron chi connectivity index (χ4n) is 1.82. The number of ether oxygens (including phenoxy) is 1. The first kappa shape index (κ1) is 11.3. The van der Waals surface area contributed by atoms with E-state index in [0.29, 0.717) is 18.2 Å². The molecule has 1 aliphatic rings. The van der Waals surface area contributed by atoms with E-state index in [1.165, 1.54) is 12.7 Å². The summed E-state index contributed by atoms with van der Waals surface area (Å²) in [5, 5.41) is 3.29. The summed E-state index contributed by atoms with van der Waals surface area (Å²) in [5.41, 5.74) is 0.326. The van der Waals surface area contributed by atoms with Crippen LogP contribution in [0.2, 0.25) is 0 Å². The second kappa shape index (κ2) is 5.21. The Morgan fingerprint density at radius 2 is 2.44 bits per heavy atom. The average Bonchev–Trinajstić information content (AvgIpc) is 2.77. The summed E-state index contributed by atoms with van der Waals surface area (Å²) in [6.45, 7) is 4.23. The Balaban J connectivity index is 1.82. The van der Waals surface area contributed by atoms with Crippen LogP contribution in [0.25, 0.3) is 0 Å². The molecule has 0 radical (unpaired) electrons. The number of nitrogens with zero attached hydrogens (tertiary/aromatic N) is 2. The molecule has 1 aliphatic heterocycles. The zero-order valence-electron chi connectivity index (χ0n) is 9.37. The standard InChI is InChI=1S/C11H16FN3O/c1-8-10(12)11(15-7-14-8)16-5-3-9-2-4-13-6-9/h7,9,13H,2-6H2,1H3. The molecule has 0 aliphatic carbocycles. The van der Waals surface area contributed by atoms with E-state index in [1.807, 2.05) is 0 Å². The van der Waals surface area contributed by atoms with Crippen LogP contribution in [-0.4, -0.2) is 29.7 Å². The lowest BCUT2D eigenvalue weighted by Gasteiger charge is -2.09. The SMILES string of the molecule is Cc1ncnc(OCCC2CCNC2)c1F. The van der Waals surface area contributed by atoms with Crippen LogP contribution in [0.1, 0.15) is 18.5 Å². The topological polar surface area (TPSA) is 47.0 Å². The van der Waals surface area contributed by atoms with Crippen molar-refractivity contribution >= 4 is 0 Å². The van der Waals surface area contributed by atoms with Crippen LogP contribution in [0.5, 0.6) is 5.88 Å². The second-order valence-electron chi connectivity index (χ2n) is 4.07. The molecule has 2 rings (SSSR count). The van der Waals surface area contributed by atoms with Gasteiger partial charge < -0.3 is 10.1 Å². The van der Waals surface area contributed by atoms with E-state index in [0.717, 1.165) is 19.5 Å². The first-order valence-corrected chi connectivity index (χ1v) is 5.58. The highest BCUT2D eigenvalue weighted by atomic mass is 19.1. The smallest absolute Gasteiger partial charge is 0.253 e. The van der Waals surface area contributed by atoms with Crippen LogP contribution in [0.15, 0.2) is 6.33 Å². The van der Waals surface area contributed by atoms with Crippen molar-refractivity contribution in [3.05, 3.63) is 17.8 Å². The molecule has 1 saturated heterocycles. The van der Waals surface area contributed by atoms with Gasteiger partial charge in [-0.25, -0.2) is 4.98 Å². The summed E-state index contributed by atoms with van der Waals surface area (Å²) in [6, 6.07) is 0. The number of hydrogen-bond acceptors (Lipinski definition) is 4. The van der Waals surface area contributed by atoms with Gasteiger partial charge in [0.25, 0.3) is 5.88 Å². The van der Waals surface area contributed by atoms with Gasteiger partial charge in [0.2, 0.25) is 5.82 Å². The van der Waals surface area contributed by atoms with Crippen LogP contribution in [0.3, 0.4) is 0 Å². The molecule has 4 nitrogen and oxygen atoms in total. The van der Waals surface area contributed by atoms with Gasteiger partial charge in [0.05, 0.1) is 12.3 Å². The Morgan fingerprint density at radius 3 is 3.19 bits per heavy atom. The highest BCUT2D eigenvalue weighted by Crippen LogP contribution is 2.16. The lowest BCUT2D eigenvalue weighted by atomic mass is 10.1. The van der Waals surface area contributed by atoms with Gasteiger partial charge in [-0.1, -0.05) is 0 Å². The summed E-state index contributed by atoms with van der Waals surface area (Å²) < 4.78 is 18.8. The summed E-state index contributed by atoms with van der Waals surface area (Å²) in [4.78, 5) is 7.53. The third-order valence-corrected chi connectivity index (χ3v) is 2.86. The normalized spacial score (nSPS) is 20.0. The summed E-state index contributed by atoms with van der Waals surface area (Å²) >= 11 is 0. The Morgan fingerprint density at radius 1 is 1.56 bits per heavy atom. The first-order valence-electron chi connectivity index (χ1n) is 5.58. The van der Waals surface area contributed by atoms with Crippen molar-refractivity contribution in [2.24, 2.45) is 5.92 Å². The van der Waals surface area contributed by atoms with Gasteiger partial charge in [0.15, 0.2) is 0 Å². The van der Waals surface area contributed by atoms with Crippen LogP contribution < -0.4 is 10.1 Å². The lowest BCUT2D eigenvalue weighted by Crippen LogP contribution is -2.12. The molecule has 0 aromatic carbocycles. The zero-order chi connectivity index (χ0) is 11.4. The number of nitrogens with one attached hydrogen (secondary N) is 1. The third kappa shape index (κ3) is 2.66. The molecule has 0 saturated carbocycles. The van der Waals surface area contributed by atoms with E-state index in [-0.39, 0.29) is 5.88 Å². The number of hydrogen-bond donors (Lipinski definition) is 1. The van der Waals surface area contributed by atoms with Gasteiger partial charge in [-0.2, -0.15) is 9.37 Å². The quantitative estimate of drug-likeness (QED) is 0.839. The van der Waals surface area contributed by atoms with Crippen molar-refractivity contribution in [1.82, 2.24) is 15.3 Å².